The minimum Gasteiger partial charge on any atom is -0.396 e. The van der Waals surface area contributed by atoms with E-state index in [9.17, 15) is 5.11 Å². The SMILES string of the molecule is CC(O)COC(C)CO.CCCCCCCCC(CO)CCCCCC. The van der Waals surface area contributed by atoms with Gasteiger partial charge in [-0.15, -0.1) is 0 Å². The molecule has 26 heavy (non-hydrogen) atoms. The van der Waals surface area contributed by atoms with Crippen LogP contribution in [-0.4, -0.2) is 47.3 Å². The van der Waals surface area contributed by atoms with Crippen LogP contribution in [0.15, 0.2) is 0 Å². The maximum Gasteiger partial charge on any atom is 0.0779 e. The summed E-state index contributed by atoms with van der Waals surface area (Å²) in [5.41, 5.74) is 0. The van der Waals surface area contributed by atoms with Crippen LogP contribution >= 0.6 is 0 Å². The van der Waals surface area contributed by atoms with Crippen molar-refractivity contribution >= 4 is 0 Å². The zero-order valence-electron chi connectivity index (χ0n) is 18.1. The molecule has 0 aromatic rings. The standard InChI is InChI=1S/C16H34O.C6H14O3/c1-3-5-7-9-10-12-14-16(15-17)13-11-8-6-4-2;1-5(8)4-9-6(2)3-7/h16-17H,3-15H2,1-2H3;5-8H,3-4H2,1-2H3. The third-order valence-corrected chi connectivity index (χ3v) is 4.57. The first-order chi connectivity index (χ1) is 12.5. The highest BCUT2D eigenvalue weighted by atomic mass is 16.5. The molecule has 0 bridgehead atoms. The Balaban J connectivity index is 0. The van der Waals surface area contributed by atoms with Gasteiger partial charge in [0.2, 0.25) is 0 Å². The number of unbranched alkanes of at least 4 members (excludes halogenated alkanes) is 8. The molecule has 4 nitrogen and oxygen atoms in total. The van der Waals surface area contributed by atoms with Gasteiger partial charge in [-0.2, -0.15) is 0 Å². The van der Waals surface area contributed by atoms with Crippen LogP contribution in [-0.2, 0) is 4.74 Å². The second-order valence-corrected chi connectivity index (χ2v) is 7.63. The summed E-state index contributed by atoms with van der Waals surface area (Å²) in [6.07, 6.45) is 15.4. The molecule has 0 heterocycles. The van der Waals surface area contributed by atoms with Gasteiger partial charge < -0.3 is 20.1 Å². The first-order valence-corrected chi connectivity index (χ1v) is 11.0. The van der Waals surface area contributed by atoms with Gasteiger partial charge in [0.1, 0.15) is 0 Å². The first-order valence-electron chi connectivity index (χ1n) is 11.0. The molecule has 3 atom stereocenters. The van der Waals surface area contributed by atoms with E-state index >= 15 is 0 Å². The average molecular weight is 377 g/mol. The summed E-state index contributed by atoms with van der Waals surface area (Å²) in [5.74, 6) is 0.582. The van der Waals surface area contributed by atoms with Crippen molar-refractivity contribution in [2.75, 3.05) is 19.8 Å². The van der Waals surface area contributed by atoms with Gasteiger partial charge in [0.05, 0.1) is 25.4 Å². The molecule has 0 aromatic carbocycles. The number of hydrogen-bond acceptors (Lipinski definition) is 4. The topological polar surface area (TPSA) is 69.9 Å². The van der Waals surface area contributed by atoms with Crippen molar-refractivity contribution in [3.8, 4) is 0 Å². The molecule has 0 fully saturated rings. The minimum atomic E-state index is -0.445. The Morgan fingerprint density at radius 1 is 0.692 bits per heavy atom. The maximum absolute atomic E-state index is 9.32. The van der Waals surface area contributed by atoms with Crippen LogP contribution in [0.3, 0.4) is 0 Å². The van der Waals surface area contributed by atoms with Gasteiger partial charge in [-0.25, -0.2) is 0 Å². The van der Waals surface area contributed by atoms with E-state index in [4.69, 9.17) is 14.9 Å². The lowest BCUT2D eigenvalue weighted by Crippen LogP contribution is -2.19. The van der Waals surface area contributed by atoms with E-state index < -0.39 is 6.10 Å². The summed E-state index contributed by atoms with van der Waals surface area (Å²) in [6.45, 7) is 8.61. The van der Waals surface area contributed by atoms with Crippen molar-refractivity contribution in [1.82, 2.24) is 0 Å². The molecule has 0 rings (SSSR count). The normalized spacial score (nSPS) is 14.4. The molecular weight excluding hydrogens is 328 g/mol. The highest BCUT2D eigenvalue weighted by Gasteiger charge is 2.06. The van der Waals surface area contributed by atoms with E-state index in [-0.39, 0.29) is 12.7 Å². The Bertz CT molecular complexity index is 246. The van der Waals surface area contributed by atoms with Gasteiger partial charge in [0, 0.05) is 6.61 Å². The van der Waals surface area contributed by atoms with E-state index in [1.54, 1.807) is 13.8 Å². The van der Waals surface area contributed by atoms with E-state index in [0.29, 0.717) is 19.1 Å². The fraction of sp³-hybridized carbons (Fsp3) is 1.00. The van der Waals surface area contributed by atoms with Crippen LogP contribution in [0.5, 0.6) is 0 Å². The predicted octanol–water partition coefficient (Wildman–Crippen LogP) is 5.08. The predicted molar refractivity (Wildman–Crippen MR) is 112 cm³/mol. The molecule has 4 heteroatoms. The number of hydrogen-bond donors (Lipinski definition) is 3. The second-order valence-electron chi connectivity index (χ2n) is 7.63. The molecule has 0 amide bonds. The molecule has 0 saturated carbocycles. The van der Waals surface area contributed by atoms with Crippen molar-refractivity contribution in [3.63, 3.8) is 0 Å². The molecule has 0 aliphatic carbocycles. The lowest BCUT2D eigenvalue weighted by atomic mass is 9.95. The highest BCUT2D eigenvalue weighted by molar-refractivity contribution is 4.59. The minimum absolute atomic E-state index is 0.00667. The Morgan fingerprint density at radius 3 is 1.58 bits per heavy atom. The maximum atomic E-state index is 9.32. The Kier molecular flexibility index (Phi) is 24.7. The number of aliphatic hydroxyl groups is 3. The first kappa shape index (κ1) is 28.1. The van der Waals surface area contributed by atoms with E-state index in [1.165, 1.54) is 77.0 Å². The summed E-state index contributed by atoms with van der Waals surface area (Å²) in [5, 5.41) is 26.5. The summed E-state index contributed by atoms with van der Waals surface area (Å²) in [4.78, 5) is 0. The summed E-state index contributed by atoms with van der Waals surface area (Å²) in [6, 6.07) is 0. The van der Waals surface area contributed by atoms with Gasteiger partial charge in [0.15, 0.2) is 0 Å². The molecule has 3 unspecified atom stereocenters. The Morgan fingerprint density at radius 2 is 1.15 bits per heavy atom. The fourth-order valence-corrected chi connectivity index (χ4v) is 2.76. The number of rotatable bonds is 17. The molecule has 0 aliphatic heterocycles. The lowest BCUT2D eigenvalue weighted by molar-refractivity contribution is -0.0177. The zero-order chi connectivity index (χ0) is 20.0. The monoisotopic (exact) mass is 376 g/mol. The van der Waals surface area contributed by atoms with Crippen LogP contribution in [0, 0.1) is 5.92 Å². The van der Waals surface area contributed by atoms with Gasteiger partial charge in [0.25, 0.3) is 0 Å². The summed E-state index contributed by atoms with van der Waals surface area (Å²) in [7, 11) is 0. The average Bonchev–Trinajstić information content (AvgIpc) is 2.64. The van der Waals surface area contributed by atoms with Gasteiger partial charge in [-0.1, -0.05) is 78.1 Å². The third kappa shape index (κ3) is 23.8. The van der Waals surface area contributed by atoms with Gasteiger partial charge in [-0.3, -0.25) is 0 Å². The van der Waals surface area contributed by atoms with Crippen molar-refractivity contribution in [3.05, 3.63) is 0 Å². The van der Waals surface area contributed by atoms with E-state index in [1.807, 2.05) is 0 Å². The lowest BCUT2D eigenvalue weighted by Gasteiger charge is -2.13. The molecular formula is C22H48O4. The van der Waals surface area contributed by atoms with Crippen LogP contribution in [0.25, 0.3) is 0 Å². The van der Waals surface area contributed by atoms with Crippen LogP contribution in [0.4, 0.5) is 0 Å². The smallest absolute Gasteiger partial charge is 0.0779 e. The van der Waals surface area contributed by atoms with Crippen molar-refractivity contribution in [1.29, 1.82) is 0 Å². The third-order valence-electron chi connectivity index (χ3n) is 4.57. The van der Waals surface area contributed by atoms with E-state index in [0.717, 1.165) is 0 Å². The zero-order valence-corrected chi connectivity index (χ0v) is 18.1. The van der Waals surface area contributed by atoms with Crippen molar-refractivity contribution in [2.24, 2.45) is 5.92 Å². The molecule has 160 valence electrons. The van der Waals surface area contributed by atoms with Crippen LogP contribution in [0.2, 0.25) is 0 Å². The largest absolute Gasteiger partial charge is 0.396 e. The van der Waals surface area contributed by atoms with Gasteiger partial charge in [-0.05, 0) is 32.6 Å². The van der Waals surface area contributed by atoms with Crippen LogP contribution < -0.4 is 0 Å². The fourth-order valence-electron chi connectivity index (χ4n) is 2.76. The highest BCUT2D eigenvalue weighted by Crippen LogP contribution is 2.18. The number of aliphatic hydroxyl groups excluding tert-OH is 3. The Hall–Kier alpha value is -0.160. The van der Waals surface area contributed by atoms with E-state index in [2.05, 4.69) is 13.8 Å². The quantitative estimate of drug-likeness (QED) is 0.310. The molecule has 0 radical (unpaired) electrons. The van der Waals surface area contributed by atoms with Crippen molar-refractivity contribution in [2.45, 2.75) is 117 Å². The molecule has 0 spiro atoms. The molecule has 0 saturated heterocycles. The van der Waals surface area contributed by atoms with Crippen molar-refractivity contribution < 1.29 is 20.1 Å². The summed E-state index contributed by atoms with van der Waals surface area (Å²) >= 11 is 0. The van der Waals surface area contributed by atoms with Crippen LogP contribution in [0.1, 0.15) is 105 Å². The van der Waals surface area contributed by atoms with Gasteiger partial charge >= 0.3 is 0 Å². The molecule has 0 aromatic heterocycles. The Labute approximate surface area is 163 Å². The molecule has 0 aliphatic rings. The second kappa shape index (κ2) is 22.9. The number of ether oxygens (including phenoxy) is 1. The molecule has 3 N–H and O–H groups in total. The summed E-state index contributed by atoms with van der Waals surface area (Å²) < 4.78 is 4.95.